The molecule has 0 saturated heterocycles. The predicted octanol–water partition coefficient (Wildman–Crippen LogP) is 3.51. The fraction of sp³-hybridized carbons (Fsp3) is 0.429. The molecule has 0 radical (unpaired) electrons. The second-order valence-electron chi connectivity index (χ2n) is 5.03. The molecule has 0 aliphatic heterocycles. The molecule has 0 spiro atoms. The van der Waals surface area contributed by atoms with Crippen LogP contribution < -0.4 is 5.32 Å². The van der Waals surface area contributed by atoms with Crippen LogP contribution in [0.15, 0.2) is 24.4 Å². The van der Waals surface area contributed by atoms with E-state index in [2.05, 4.69) is 29.6 Å². The van der Waals surface area contributed by atoms with Crippen molar-refractivity contribution in [3.63, 3.8) is 0 Å². The van der Waals surface area contributed by atoms with E-state index in [9.17, 15) is 0 Å². The number of hydrogen-bond acceptors (Lipinski definition) is 1. The number of benzene rings is 1. The van der Waals surface area contributed by atoms with Crippen LogP contribution in [0.3, 0.4) is 0 Å². The first kappa shape index (κ1) is 11.1. The fourth-order valence-corrected chi connectivity index (χ4v) is 2.69. The molecule has 1 aromatic carbocycles. The molecule has 17 heavy (non-hydrogen) atoms. The van der Waals surface area contributed by atoms with Crippen LogP contribution in [-0.2, 0) is 6.42 Å². The van der Waals surface area contributed by atoms with Crippen molar-refractivity contribution in [1.29, 1.82) is 0 Å². The van der Waals surface area contributed by atoms with E-state index in [1.54, 1.807) is 0 Å². The summed E-state index contributed by atoms with van der Waals surface area (Å²) in [5.74, 6) is 0. The second kappa shape index (κ2) is 4.04. The largest absolute Gasteiger partial charge is 0.361 e. The van der Waals surface area contributed by atoms with Crippen LogP contribution in [0, 0.1) is 0 Å². The minimum Gasteiger partial charge on any atom is -0.361 e. The molecular weight excluding hydrogens is 232 g/mol. The number of aryl methyl sites for hydroxylation is 1. The molecule has 1 fully saturated rings. The van der Waals surface area contributed by atoms with Crippen molar-refractivity contribution in [3.05, 3.63) is 35.0 Å². The van der Waals surface area contributed by atoms with Gasteiger partial charge in [-0.05, 0) is 50.4 Å². The molecular formula is C14H17ClN2. The predicted molar refractivity (Wildman–Crippen MR) is 72.7 cm³/mol. The molecule has 2 aromatic rings. The maximum absolute atomic E-state index is 5.98. The minimum absolute atomic E-state index is 0.427. The van der Waals surface area contributed by atoms with Gasteiger partial charge in [-0.1, -0.05) is 17.7 Å². The van der Waals surface area contributed by atoms with Crippen molar-refractivity contribution in [2.45, 2.75) is 31.2 Å². The third-order valence-corrected chi connectivity index (χ3v) is 4.22. The van der Waals surface area contributed by atoms with Gasteiger partial charge in [-0.25, -0.2) is 0 Å². The number of hydrogen-bond donors (Lipinski definition) is 2. The lowest BCUT2D eigenvalue weighted by Crippen LogP contribution is -2.27. The molecule has 2 nitrogen and oxygen atoms in total. The number of H-pyrrole nitrogens is 1. The van der Waals surface area contributed by atoms with Gasteiger partial charge in [0.1, 0.15) is 0 Å². The van der Waals surface area contributed by atoms with Crippen LogP contribution in [0.25, 0.3) is 10.9 Å². The van der Waals surface area contributed by atoms with E-state index in [1.807, 2.05) is 12.1 Å². The number of fused-ring (bicyclic) bond motifs is 1. The van der Waals surface area contributed by atoms with Crippen LogP contribution >= 0.6 is 11.6 Å². The van der Waals surface area contributed by atoms with E-state index < -0.39 is 0 Å². The van der Waals surface area contributed by atoms with Crippen LogP contribution in [0.1, 0.15) is 24.8 Å². The molecule has 3 heteroatoms. The minimum atomic E-state index is 0.427. The number of nitrogens with one attached hydrogen (secondary N) is 2. The maximum atomic E-state index is 5.98. The first-order valence-corrected chi connectivity index (χ1v) is 6.55. The van der Waals surface area contributed by atoms with Gasteiger partial charge >= 0.3 is 0 Å². The van der Waals surface area contributed by atoms with Crippen LogP contribution in [0.5, 0.6) is 0 Å². The third kappa shape index (κ3) is 2.07. The van der Waals surface area contributed by atoms with Crippen molar-refractivity contribution in [1.82, 2.24) is 10.3 Å². The zero-order valence-corrected chi connectivity index (χ0v) is 10.8. The molecule has 1 aliphatic rings. The number of aromatic amines is 1. The molecule has 0 unspecified atom stereocenters. The average Bonchev–Trinajstić information content (AvgIpc) is 3.02. The Morgan fingerprint density at radius 3 is 2.94 bits per heavy atom. The van der Waals surface area contributed by atoms with E-state index >= 15 is 0 Å². The molecule has 0 bridgehead atoms. The monoisotopic (exact) mass is 248 g/mol. The Morgan fingerprint density at radius 2 is 2.24 bits per heavy atom. The number of halogens is 1. The summed E-state index contributed by atoms with van der Waals surface area (Å²) in [5, 5.41) is 5.54. The highest BCUT2D eigenvalue weighted by Crippen LogP contribution is 2.39. The van der Waals surface area contributed by atoms with Gasteiger partial charge in [-0.15, -0.1) is 0 Å². The van der Waals surface area contributed by atoms with Gasteiger partial charge in [-0.2, -0.15) is 0 Å². The zero-order chi connectivity index (χ0) is 11.9. The van der Waals surface area contributed by atoms with Gasteiger partial charge < -0.3 is 10.3 Å². The Hall–Kier alpha value is -0.990. The molecule has 3 rings (SSSR count). The van der Waals surface area contributed by atoms with Crippen LogP contribution in [0.4, 0.5) is 0 Å². The van der Waals surface area contributed by atoms with Crippen molar-refractivity contribution in [3.8, 4) is 0 Å². The third-order valence-electron chi connectivity index (χ3n) is 3.99. The summed E-state index contributed by atoms with van der Waals surface area (Å²) < 4.78 is 0. The average molecular weight is 249 g/mol. The van der Waals surface area contributed by atoms with Crippen molar-refractivity contribution >= 4 is 22.5 Å². The molecule has 0 atom stereocenters. The van der Waals surface area contributed by atoms with E-state index in [4.69, 9.17) is 11.6 Å². The quantitative estimate of drug-likeness (QED) is 0.852. The first-order chi connectivity index (χ1) is 8.22. The molecule has 1 saturated carbocycles. The van der Waals surface area contributed by atoms with Gasteiger partial charge in [0.05, 0.1) is 0 Å². The maximum Gasteiger partial charge on any atom is 0.0471 e. The van der Waals surface area contributed by atoms with E-state index in [-0.39, 0.29) is 0 Å². The lowest BCUT2D eigenvalue weighted by Gasteiger charge is -2.12. The summed E-state index contributed by atoms with van der Waals surface area (Å²) in [7, 11) is 2.07. The van der Waals surface area contributed by atoms with Crippen molar-refractivity contribution in [2.24, 2.45) is 0 Å². The highest BCUT2D eigenvalue weighted by atomic mass is 35.5. The Kier molecular flexibility index (Phi) is 2.64. The van der Waals surface area contributed by atoms with Crippen LogP contribution in [0.2, 0.25) is 5.02 Å². The van der Waals surface area contributed by atoms with Gasteiger partial charge in [0.15, 0.2) is 0 Å². The molecule has 90 valence electrons. The molecule has 0 amide bonds. The van der Waals surface area contributed by atoms with Gasteiger partial charge in [0, 0.05) is 27.7 Å². The molecule has 1 aromatic heterocycles. The summed E-state index contributed by atoms with van der Waals surface area (Å²) in [6.45, 7) is 0. The summed E-state index contributed by atoms with van der Waals surface area (Å²) >= 11 is 5.98. The Balaban J connectivity index is 1.81. The number of aromatic nitrogens is 1. The number of rotatable bonds is 4. The van der Waals surface area contributed by atoms with Crippen molar-refractivity contribution < 1.29 is 0 Å². The Labute approximate surface area is 106 Å². The SMILES string of the molecule is CNC1(CCc2c[nH]c3cc(Cl)ccc23)CC1. The highest BCUT2D eigenvalue weighted by Gasteiger charge is 2.40. The molecule has 1 aliphatic carbocycles. The van der Waals surface area contributed by atoms with Crippen LogP contribution in [-0.4, -0.2) is 17.6 Å². The van der Waals surface area contributed by atoms with Gasteiger partial charge in [0.2, 0.25) is 0 Å². The van der Waals surface area contributed by atoms with E-state index in [0.29, 0.717) is 5.54 Å². The van der Waals surface area contributed by atoms with E-state index in [0.717, 1.165) is 17.0 Å². The van der Waals surface area contributed by atoms with Crippen molar-refractivity contribution in [2.75, 3.05) is 7.05 Å². The smallest absolute Gasteiger partial charge is 0.0471 e. The Bertz CT molecular complexity index is 540. The summed E-state index contributed by atoms with van der Waals surface area (Å²) in [4.78, 5) is 3.30. The summed E-state index contributed by atoms with van der Waals surface area (Å²) in [5.41, 5.74) is 2.97. The second-order valence-corrected chi connectivity index (χ2v) is 5.47. The standard InChI is InChI=1S/C14H17ClN2/c1-16-14(6-7-14)5-4-10-9-17-13-8-11(15)2-3-12(10)13/h2-3,8-9,16-17H,4-7H2,1H3. The normalized spacial score (nSPS) is 17.5. The molecule has 2 N–H and O–H groups in total. The summed E-state index contributed by atoms with van der Waals surface area (Å²) in [6, 6.07) is 6.07. The zero-order valence-electron chi connectivity index (χ0n) is 10.0. The highest BCUT2D eigenvalue weighted by molar-refractivity contribution is 6.31. The lowest BCUT2D eigenvalue weighted by molar-refractivity contribution is 0.510. The molecule has 1 heterocycles. The van der Waals surface area contributed by atoms with Gasteiger partial charge in [0.25, 0.3) is 0 Å². The fourth-order valence-electron chi connectivity index (χ4n) is 2.52. The first-order valence-electron chi connectivity index (χ1n) is 6.17. The van der Waals surface area contributed by atoms with E-state index in [1.165, 1.54) is 30.2 Å². The van der Waals surface area contributed by atoms with Gasteiger partial charge in [-0.3, -0.25) is 0 Å². The lowest BCUT2D eigenvalue weighted by atomic mass is 10.0. The summed E-state index contributed by atoms with van der Waals surface area (Å²) in [6.07, 6.45) is 7.10. The Morgan fingerprint density at radius 1 is 1.41 bits per heavy atom. The topological polar surface area (TPSA) is 27.8 Å².